The zero-order valence-corrected chi connectivity index (χ0v) is 22.3. The van der Waals surface area contributed by atoms with Crippen LogP contribution in [0.25, 0.3) is 0 Å². The van der Waals surface area contributed by atoms with Crippen molar-refractivity contribution in [2.45, 2.75) is 56.3 Å². The molecule has 10 heteroatoms. The van der Waals surface area contributed by atoms with Gasteiger partial charge in [-0.3, -0.25) is 14.4 Å². The Bertz CT molecular complexity index is 1060. The number of nitrogens with one attached hydrogen (secondary N) is 4. The molecule has 0 saturated carbocycles. The van der Waals surface area contributed by atoms with Crippen molar-refractivity contribution >= 4 is 35.5 Å². The van der Waals surface area contributed by atoms with E-state index < -0.39 is 35.9 Å². The summed E-state index contributed by atoms with van der Waals surface area (Å²) in [6.07, 6.45) is 4.20. The summed E-state index contributed by atoms with van der Waals surface area (Å²) in [5.74, 6) is -1.83. The summed E-state index contributed by atoms with van der Waals surface area (Å²) in [6, 6.07) is 14.9. The highest BCUT2D eigenvalue weighted by Crippen LogP contribution is 2.10. The van der Waals surface area contributed by atoms with Crippen molar-refractivity contribution < 1.29 is 24.3 Å². The predicted octanol–water partition coefficient (Wildman–Crippen LogP) is 1.52. The van der Waals surface area contributed by atoms with Crippen molar-refractivity contribution in [3.8, 4) is 0 Å². The van der Waals surface area contributed by atoms with Gasteiger partial charge in [0.1, 0.15) is 18.1 Å². The van der Waals surface area contributed by atoms with Crippen LogP contribution in [-0.4, -0.2) is 71.5 Å². The van der Waals surface area contributed by atoms with Crippen LogP contribution in [0.2, 0.25) is 0 Å². The molecule has 3 amide bonds. The van der Waals surface area contributed by atoms with Gasteiger partial charge in [0.2, 0.25) is 17.7 Å². The average Bonchev–Trinajstić information content (AvgIpc) is 3.46. The number of thioether (sulfide) groups is 1. The van der Waals surface area contributed by atoms with Gasteiger partial charge >= 0.3 is 5.97 Å². The van der Waals surface area contributed by atoms with E-state index in [0.29, 0.717) is 18.6 Å². The molecule has 2 aromatic carbocycles. The van der Waals surface area contributed by atoms with Crippen LogP contribution in [-0.2, 0) is 32.0 Å². The number of carbonyl (C=O) groups is 4. The molecule has 3 rings (SSSR count). The zero-order valence-electron chi connectivity index (χ0n) is 21.5. The predicted molar refractivity (Wildman–Crippen MR) is 148 cm³/mol. The van der Waals surface area contributed by atoms with E-state index in [1.165, 1.54) is 0 Å². The number of hydrogen-bond donors (Lipinski definition) is 5. The fourth-order valence-corrected chi connectivity index (χ4v) is 4.81. The molecule has 1 heterocycles. The van der Waals surface area contributed by atoms with Gasteiger partial charge in [0, 0.05) is 12.8 Å². The second kappa shape index (κ2) is 15.1. The molecular weight excluding hydrogens is 504 g/mol. The summed E-state index contributed by atoms with van der Waals surface area (Å²) in [6.45, 7) is 0.757. The van der Waals surface area contributed by atoms with E-state index in [9.17, 15) is 24.3 Å². The van der Waals surface area contributed by atoms with Crippen LogP contribution in [0.15, 0.2) is 60.7 Å². The fourth-order valence-electron chi connectivity index (χ4n) is 4.34. The number of hydrogen-bond acceptors (Lipinski definition) is 6. The van der Waals surface area contributed by atoms with Crippen molar-refractivity contribution in [2.24, 2.45) is 0 Å². The van der Waals surface area contributed by atoms with E-state index in [2.05, 4.69) is 21.3 Å². The third-order valence-corrected chi connectivity index (χ3v) is 7.08. The number of carbonyl (C=O) groups excluding carboxylic acids is 3. The number of rotatable bonds is 14. The molecule has 1 saturated heterocycles. The van der Waals surface area contributed by atoms with Gasteiger partial charge in [-0.25, -0.2) is 4.79 Å². The molecular formula is C28H36N4O5S. The Morgan fingerprint density at radius 3 is 1.95 bits per heavy atom. The van der Waals surface area contributed by atoms with Gasteiger partial charge in [-0.05, 0) is 48.9 Å². The quantitative estimate of drug-likeness (QED) is 0.245. The number of amides is 3. The smallest absolute Gasteiger partial charge is 0.326 e. The van der Waals surface area contributed by atoms with E-state index >= 15 is 0 Å². The lowest BCUT2D eigenvalue weighted by atomic mass is 10.0. The Morgan fingerprint density at radius 1 is 0.868 bits per heavy atom. The second-order valence-electron chi connectivity index (χ2n) is 9.33. The number of aliphatic carboxylic acids is 1. The van der Waals surface area contributed by atoms with Crippen LogP contribution >= 0.6 is 11.8 Å². The maximum atomic E-state index is 13.4. The molecule has 9 nitrogen and oxygen atoms in total. The van der Waals surface area contributed by atoms with Crippen LogP contribution in [0.1, 0.15) is 30.4 Å². The zero-order chi connectivity index (χ0) is 27.3. The van der Waals surface area contributed by atoms with Crippen molar-refractivity contribution in [2.75, 3.05) is 18.6 Å². The van der Waals surface area contributed by atoms with Crippen LogP contribution in [0.5, 0.6) is 0 Å². The minimum absolute atomic E-state index is 0.106. The summed E-state index contributed by atoms with van der Waals surface area (Å²) in [4.78, 5) is 51.4. The van der Waals surface area contributed by atoms with Gasteiger partial charge in [-0.2, -0.15) is 11.8 Å². The number of carboxylic acids is 1. The standard InChI is InChI=1S/C28H36N4O5S/c1-38-16-14-22(30-25(33)21-13-8-15-29-21)26(34)31-23(17-19-9-4-2-5-10-19)27(35)32-24(28(36)37)18-20-11-6-3-7-12-20/h2-7,9-12,21-24,29H,8,13-18H2,1H3,(H,30,33)(H,31,34)(H,32,35)(H,36,37). The monoisotopic (exact) mass is 540 g/mol. The molecule has 38 heavy (non-hydrogen) atoms. The lowest BCUT2D eigenvalue weighted by Gasteiger charge is -2.25. The average molecular weight is 541 g/mol. The molecule has 1 aliphatic rings. The molecule has 4 unspecified atom stereocenters. The fraction of sp³-hybridized carbons (Fsp3) is 0.429. The highest BCUT2D eigenvalue weighted by atomic mass is 32.2. The highest BCUT2D eigenvalue weighted by Gasteiger charge is 2.31. The summed E-state index contributed by atoms with van der Waals surface area (Å²) in [5, 5.41) is 21.1. The first kappa shape index (κ1) is 29.2. The normalized spacial score (nSPS) is 17.1. The SMILES string of the molecule is CSCCC(NC(=O)C1CCCN1)C(=O)NC(Cc1ccccc1)C(=O)NC(Cc1ccccc1)C(=O)O. The summed E-state index contributed by atoms with van der Waals surface area (Å²) in [7, 11) is 0. The number of benzene rings is 2. The Hall–Kier alpha value is -3.37. The molecule has 0 aromatic heterocycles. The van der Waals surface area contributed by atoms with Gasteiger partial charge in [-0.1, -0.05) is 60.7 Å². The minimum Gasteiger partial charge on any atom is -0.480 e. The number of carboxylic acid groups (broad SMARTS) is 1. The van der Waals surface area contributed by atoms with Crippen molar-refractivity contribution in [1.82, 2.24) is 21.3 Å². The molecule has 204 valence electrons. The Balaban J connectivity index is 1.75. The van der Waals surface area contributed by atoms with E-state index in [1.807, 2.05) is 42.7 Å². The van der Waals surface area contributed by atoms with Crippen LogP contribution in [0, 0.1) is 0 Å². The lowest BCUT2D eigenvalue weighted by molar-refractivity contribution is -0.142. The summed E-state index contributed by atoms with van der Waals surface area (Å²) < 4.78 is 0. The first-order valence-electron chi connectivity index (χ1n) is 12.8. The topological polar surface area (TPSA) is 137 Å². The summed E-state index contributed by atoms with van der Waals surface area (Å²) in [5.41, 5.74) is 1.58. The van der Waals surface area contributed by atoms with Gasteiger partial charge in [0.15, 0.2) is 0 Å². The molecule has 0 bridgehead atoms. The van der Waals surface area contributed by atoms with E-state index in [-0.39, 0.29) is 24.8 Å². The second-order valence-corrected chi connectivity index (χ2v) is 10.3. The van der Waals surface area contributed by atoms with Gasteiger partial charge in [0.05, 0.1) is 6.04 Å². The largest absolute Gasteiger partial charge is 0.480 e. The first-order chi connectivity index (χ1) is 18.4. The van der Waals surface area contributed by atoms with Gasteiger partial charge in [0.25, 0.3) is 0 Å². The Labute approximate surface area is 227 Å². The molecule has 0 radical (unpaired) electrons. The van der Waals surface area contributed by atoms with E-state index in [1.54, 1.807) is 36.0 Å². The maximum absolute atomic E-state index is 13.4. The Kier molecular flexibility index (Phi) is 11.6. The third kappa shape index (κ3) is 9.18. The highest BCUT2D eigenvalue weighted by molar-refractivity contribution is 7.98. The van der Waals surface area contributed by atoms with E-state index in [4.69, 9.17) is 0 Å². The van der Waals surface area contributed by atoms with Crippen LogP contribution in [0.4, 0.5) is 0 Å². The molecule has 0 aliphatic carbocycles. The first-order valence-corrected chi connectivity index (χ1v) is 14.2. The molecule has 0 spiro atoms. The molecule has 2 aromatic rings. The molecule has 1 fully saturated rings. The van der Waals surface area contributed by atoms with Crippen molar-refractivity contribution in [3.05, 3.63) is 71.8 Å². The van der Waals surface area contributed by atoms with Gasteiger partial charge < -0.3 is 26.4 Å². The molecule has 5 N–H and O–H groups in total. The third-order valence-electron chi connectivity index (χ3n) is 6.43. The van der Waals surface area contributed by atoms with Crippen LogP contribution in [0.3, 0.4) is 0 Å². The molecule has 4 atom stereocenters. The lowest BCUT2D eigenvalue weighted by Crippen LogP contribution is -2.57. The Morgan fingerprint density at radius 2 is 1.42 bits per heavy atom. The van der Waals surface area contributed by atoms with Crippen molar-refractivity contribution in [3.63, 3.8) is 0 Å². The summed E-state index contributed by atoms with van der Waals surface area (Å²) >= 11 is 1.56. The van der Waals surface area contributed by atoms with Crippen LogP contribution < -0.4 is 21.3 Å². The van der Waals surface area contributed by atoms with E-state index in [0.717, 1.165) is 24.1 Å². The van der Waals surface area contributed by atoms with Crippen molar-refractivity contribution in [1.29, 1.82) is 0 Å². The maximum Gasteiger partial charge on any atom is 0.326 e. The van der Waals surface area contributed by atoms with Gasteiger partial charge in [-0.15, -0.1) is 0 Å². The minimum atomic E-state index is -1.17. The molecule has 1 aliphatic heterocycles.